The summed E-state index contributed by atoms with van der Waals surface area (Å²) in [6.45, 7) is 2.24. The molecule has 0 bridgehead atoms. The van der Waals surface area contributed by atoms with Crippen molar-refractivity contribution in [3.05, 3.63) is 66.1 Å². The minimum atomic E-state index is -1.03. The quantitative estimate of drug-likeness (QED) is 0.662. The molecule has 0 unspecified atom stereocenters. The van der Waals surface area contributed by atoms with Gasteiger partial charge in [0.15, 0.2) is 0 Å². The third-order valence-electron chi connectivity index (χ3n) is 3.99. The first-order valence-corrected chi connectivity index (χ1v) is 8.73. The number of carboxylic acids is 1. The highest BCUT2D eigenvalue weighted by atomic mass is 16.5. The van der Waals surface area contributed by atoms with Crippen molar-refractivity contribution in [3.63, 3.8) is 0 Å². The SMILES string of the molecule is CCCN(CC(=O)O)C(=O)c1cccc(OCc2cn3ccccc3n2)c1. The lowest BCUT2D eigenvalue weighted by molar-refractivity contribution is -0.137. The van der Waals surface area contributed by atoms with Crippen LogP contribution in [0.25, 0.3) is 5.65 Å². The summed E-state index contributed by atoms with van der Waals surface area (Å²) in [4.78, 5) is 29.4. The molecule has 0 aliphatic rings. The first kappa shape index (κ1) is 18.4. The van der Waals surface area contributed by atoms with E-state index >= 15 is 0 Å². The molecule has 2 aromatic heterocycles. The molecule has 3 aromatic rings. The number of nitrogens with zero attached hydrogens (tertiary/aromatic N) is 3. The van der Waals surface area contributed by atoms with E-state index in [9.17, 15) is 9.59 Å². The van der Waals surface area contributed by atoms with Crippen LogP contribution in [0.3, 0.4) is 0 Å². The van der Waals surface area contributed by atoms with Crippen molar-refractivity contribution >= 4 is 17.5 Å². The van der Waals surface area contributed by atoms with Crippen molar-refractivity contribution in [3.8, 4) is 5.75 Å². The summed E-state index contributed by atoms with van der Waals surface area (Å²) in [5.41, 5.74) is 2.01. The maximum Gasteiger partial charge on any atom is 0.323 e. The molecule has 0 aliphatic carbocycles. The number of ether oxygens (including phenoxy) is 1. The lowest BCUT2D eigenvalue weighted by atomic mass is 10.2. The second-order valence-electron chi connectivity index (χ2n) is 6.14. The average Bonchev–Trinajstić information content (AvgIpc) is 3.08. The van der Waals surface area contributed by atoms with E-state index in [4.69, 9.17) is 9.84 Å². The summed E-state index contributed by atoms with van der Waals surface area (Å²) < 4.78 is 7.68. The van der Waals surface area contributed by atoms with Gasteiger partial charge in [-0.3, -0.25) is 9.59 Å². The molecule has 7 nitrogen and oxygen atoms in total. The molecular weight excluding hydrogens is 346 g/mol. The van der Waals surface area contributed by atoms with E-state index < -0.39 is 5.97 Å². The van der Waals surface area contributed by atoms with Crippen LogP contribution in [-0.4, -0.2) is 44.4 Å². The minimum absolute atomic E-state index is 0.271. The summed E-state index contributed by atoms with van der Waals surface area (Å²) in [6, 6.07) is 12.5. The van der Waals surface area contributed by atoms with Crippen molar-refractivity contribution in [2.75, 3.05) is 13.1 Å². The number of rotatable bonds is 8. The number of benzene rings is 1. The van der Waals surface area contributed by atoms with Crippen LogP contribution >= 0.6 is 0 Å². The summed E-state index contributed by atoms with van der Waals surface area (Å²) in [5.74, 6) is -0.821. The van der Waals surface area contributed by atoms with Gasteiger partial charge in [0.1, 0.15) is 24.5 Å². The Bertz CT molecular complexity index is 918. The molecule has 1 aromatic carbocycles. The number of carbonyl (C=O) groups is 2. The van der Waals surface area contributed by atoms with Gasteiger partial charge in [-0.15, -0.1) is 0 Å². The predicted octanol–water partition coefficient (Wildman–Crippen LogP) is 2.85. The fourth-order valence-electron chi connectivity index (χ4n) is 2.80. The van der Waals surface area contributed by atoms with Gasteiger partial charge in [-0.1, -0.05) is 19.1 Å². The fraction of sp³-hybridized carbons (Fsp3) is 0.250. The van der Waals surface area contributed by atoms with Crippen LogP contribution in [0.15, 0.2) is 54.9 Å². The number of amides is 1. The van der Waals surface area contributed by atoms with Gasteiger partial charge in [0.2, 0.25) is 0 Å². The zero-order valence-electron chi connectivity index (χ0n) is 15.0. The molecule has 0 fully saturated rings. The van der Waals surface area contributed by atoms with Crippen molar-refractivity contribution in [1.29, 1.82) is 0 Å². The maximum atomic E-state index is 12.6. The van der Waals surface area contributed by atoms with Gasteiger partial charge in [0.25, 0.3) is 5.91 Å². The summed E-state index contributed by atoms with van der Waals surface area (Å²) in [6.07, 6.45) is 4.49. The molecule has 0 saturated heterocycles. The molecule has 0 aliphatic heterocycles. The maximum absolute atomic E-state index is 12.6. The Hall–Kier alpha value is -3.35. The molecule has 140 valence electrons. The monoisotopic (exact) mass is 367 g/mol. The van der Waals surface area contributed by atoms with Crippen molar-refractivity contribution < 1.29 is 19.4 Å². The van der Waals surface area contributed by atoms with E-state index in [0.717, 1.165) is 11.3 Å². The van der Waals surface area contributed by atoms with Crippen LogP contribution in [0.5, 0.6) is 5.75 Å². The molecule has 3 rings (SSSR count). The van der Waals surface area contributed by atoms with Crippen LogP contribution in [0, 0.1) is 0 Å². The number of aliphatic carboxylic acids is 1. The number of imidazole rings is 1. The molecule has 0 atom stereocenters. The third kappa shape index (κ3) is 4.63. The average molecular weight is 367 g/mol. The lowest BCUT2D eigenvalue weighted by Gasteiger charge is -2.20. The highest BCUT2D eigenvalue weighted by Gasteiger charge is 2.18. The lowest BCUT2D eigenvalue weighted by Crippen LogP contribution is -2.36. The zero-order valence-corrected chi connectivity index (χ0v) is 15.0. The van der Waals surface area contributed by atoms with E-state index in [-0.39, 0.29) is 19.1 Å². The molecule has 27 heavy (non-hydrogen) atoms. The third-order valence-corrected chi connectivity index (χ3v) is 3.99. The Morgan fingerprint density at radius 1 is 1.22 bits per heavy atom. The van der Waals surface area contributed by atoms with Gasteiger partial charge in [-0.25, -0.2) is 4.98 Å². The molecule has 0 radical (unpaired) electrons. The number of carboxylic acid groups (broad SMARTS) is 1. The van der Waals surface area contributed by atoms with E-state index in [1.54, 1.807) is 24.3 Å². The Kier molecular flexibility index (Phi) is 5.71. The summed E-state index contributed by atoms with van der Waals surface area (Å²) in [7, 11) is 0. The first-order chi connectivity index (χ1) is 13.1. The van der Waals surface area contributed by atoms with E-state index in [1.807, 2.05) is 41.9 Å². The van der Waals surface area contributed by atoms with E-state index in [2.05, 4.69) is 4.98 Å². The Morgan fingerprint density at radius 2 is 2.07 bits per heavy atom. The Balaban J connectivity index is 1.70. The minimum Gasteiger partial charge on any atom is -0.487 e. The number of carbonyl (C=O) groups excluding carboxylic acids is 1. The molecule has 1 amide bonds. The molecule has 0 spiro atoms. The number of hydrogen-bond acceptors (Lipinski definition) is 4. The van der Waals surface area contributed by atoms with Crippen LogP contribution in [-0.2, 0) is 11.4 Å². The summed E-state index contributed by atoms with van der Waals surface area (Å²) >= 11 is 0. The first-order valence-electron chi connectivity index (χ1n) is 8.73. The van der Waals surface area contributed by atoms with Gasteiger partial charge < -0.3 is 19.1 Å². The largest absolute Gasteiger partial charge is 0.487 e. The number of hydrogen-bond donors (Lipinski definition) is 1. The van der Waals surface area contributed by atoms with Crippen molar-refractivity contribution in [2.24, 2.45) is 0 Å². The highest BCUT2D eigenvalue weighted by Crippen LogP contribution is 2.17. The predicted molar refractivity (Wildman–Crippen MR) is 99.8 cm³/mol. The zero-order chi connectivity index (χ0) is 19.2. The second kappa shape index (κ2) is 8.35. The van der Waals surface area contributed by atoms with Crippen molar-refractivity contribution in [2.45, 2.75) is 20.0 Å². The molecule has 7 heteroatoms. The van der Waals surface area contributed by atoms with Crippen LogP contribution in [0.4, 0.5) is 0 Å². The van der Waals surface area contributed by atoms with E-state index in [0.29, 0.717) is 24.3 Å². The molecule has 0 saturated carbocycles. The van der Waals surface area contributed by atoms with Crippen LogP contribution in [0.2, 0.25) is 0 Å². The van der Waals surface area contributed by atoms with Gasteiger partial charge in [0.05, 0.1) is 5.69 Å². The Labute approximate surface area is 156 Å². The van der Waals surface area contributed by atoms with Gasteiger partial charge in [-0.05, 0) is 36.8 Å². The van der Waals surface area contributed by atoms with Gasteiger partial charge in [0, 0.05) is 24.5 Å². The standard InChI is InChI=1S/C20H21N3O4/c1-2-9-23(13-19(24)25)20(26)15-6-5-7-17(11-15)27-14-16-12-22-10-4-3-8-18(22)21-16/h3-8,10-12H,2,9,13-14H2,1H3,(H,24,25). The second-order valence-corrected chi connectivity index (χ2v) is 6.14. The summed E-state index contributed by atoms with van der Waals surface area (Å²) in [5, 5.41) is 9.00. The van der Waals surface area contributed by atoms with Crippen molar-refractivity contribution in [1.82, 2.24) is 14.3 Å². The fourth-order valence-corrected chi connectivity index (χ4v) is 2.80. The topological polar surface area (TPSA) is 84.1 Å². The smallest absolute Gasteiger partial charge is 0.323 e. The van der Waals surface area contributed by atoms with Crippen LogP contribution in [0.1, 0.15) is 29.4 Å². The number of pyridine rings is 1. The molecule has 2 heterocycles. The van der Waals surface area contributed by atoms with Gasteiger partial charge in [-0.2, -0.15) is 0 Å². The Morgan fingerprint density at radius 3 is 2.81 bits per heavy atom. The highest BCUT2D eigenvalue weighted by molar-refractivity contribution is 5.96. The molecule has 1 N–H and O–H groups in total. The van der Waals surface area contributed by atoms with Gasteiger partial charge >= 0.3 is 5.97 Å². The van der Waals surface area contributed by atoms with E-state index in [1.165, 1.54) is 4.90 Å². The molecular formula is C20H21N3O4. The number of aromatic nitrogens is 2. The van der Waals surface area contributed by atoms with Crippen LogP contribution < -0.4 is 4.74 Å². The normalized spacial score (nSPS) is 10.7. The number of fused-ring (bicyclic) bond motifs is 1.